The Hall–Kier alpha value is -0.850. The quantitative estimate of drug-likeness (QED) is 0.574. The minimum Gasteiger partial charge on any atom is -0.294 e. The average Bonchev–Trinajstić information content (AvgIpc) is 2.25. The zero-order chi connectivity index (χ0) is 10.9. The summed E-state index contributed by atoms with van der Waals surface area (Å²) in [5.74, 6) is 0.451. The van der Waals surface area contributed by atoms with Crippen LogP contribution in [0.4, 0.5) is 0 Å². The predicted molar refractivity (Wildman–Crippen MR) is 64.8 cm³/mol. The molecular weight excluding hydrogens is 184 g/mol. The second-order valence-corrected chi connectivity index (χ2v) is 4.31. The number of carbonyl (C=O) groups is 1. The monoisotopic (exact) mass is 206 g/mol. The molecule has 0 saturated carbocycles. The highest BCUT2D eigenvalue weighted by Gasteiger charge is 2.13. The fraction of sp³-hybridized carbons (Fsp3) is 0.643. The molecule has 1 nitrogen and oxygen atoms in total. The molecule has 1 rings (SSSR count). The van der Waals surface area contributed by atoms with Crippen LogP contribution in [0, 0.1) is 5.92 Å². The fourth-order valence-corrected chi connectivity index (χ4v) is 1.95. The number of allylic oxidation sites excluding steroid dienone is 4. The molecule has 0 heterocycles. The first kappa shape index (κ1) is 12.2. The Labute approximate surface area is 93.3 Å². The summed E-state index contributed by atoms with van der Waals surface area (Å²) in [5.41, 5.74) is 0. The van der Waals surface area contributed by atoms with E-state index in [-0.39, 0.29) is 11.7 Å². The molecule has 0 saturated heterocycles. The van der Waals surface area contributed by atoms with Gasteiger partial charge in [0.2, 0.25) is 0 Å². The van der Waals surface area contributed by atoms with Gasteiger partial charge in [-0.15, -0.1) is 0 Å². The normalized spacial score (nSPS) is 19.8. The van der Waals surface area contributed by atoms with Crippen LogP contribution in [0.2, 0.25) is 0 Å². The van der Waals surface area contributed by atoms with Crippen molar-refractivity contribution in [2.75, 3.05) is 0 Å². The number of carbonyl (C=O) groups excluding carboxylic acids is 1. The molecule has 0 amide bonds. The van der Waals surface area contributed by atoms with Crippen LogP contribution in [0.1, 0.15) is 51.9 Å². The van der Waals surface area contributed by atoms with Gasteiger partial charge in [0.15, 0.2) is 5.78 Å². The molecule has 1 heteroatoms. The van der Waals surface area contributed by atoms with Gasteiger partial charge >= 0.3 is 0 Å². The van der Waals surface area contributed by atoms with Crippen molar-refractivity contribution >= 4 is 5.78 Å². The third-order valence-electron chi connectivity index (χ3n) is 2.95. The maximum absolute atomic E-state index is 11.4. The Bertz CT molecular complexity index is 238. The van der Waals surface area contributed by atoms with Crippen LogP contribution in [0.15, 0.2) is 24.3 Å². The van der Waals surface area contributed by atoms with Gasteiger partial charge in [-0.3, -0.25) is 4.79 Å². The zero-order valence-electron chi connectivity index (χ0n) is 9.74. The van der Waals surface area contributed by atoms with E-state index in [1.54, 1.807) is 6.08 Å². The van der Waals surface area contributed by atoms with Gasteiger partial charge in [0.25, 0.3) is 0 Å². The van der Waals surface area contributed by atoms with Crippen molar-refractivity contribution in [2.24, 2.45) is 5.92 Å². The van der Waals surface area contributed by atoms with E-state index in [1.165, 1.54) is 38.5 Å². The van der Waals surface area contributed by atoms with Crippen molar-refractivity contribution in [3.05, 3.63) is 24.3 Å². The number of ketones is 1. The molecule has 0 aromatic heterocycles. The number of rotatable bonds is 7. The molecule has 0 aromatic rings. The van der Waals surface area contributed by atoms with E-state index in [0.29, 0.717) is 0 Å². The Kier molecular flexibility index (Phi) is 6.06. The fourth-order valence-electron chi connectivity index (χ4n) is 1.95. The van der Waals surface area contributed by atoms with Crippen LogP contribution < -0.4 is 0 Å². The molecular formula is C14H22O. The summed E-state index contributed by atoms with van der Waals surface area (Å²) in [5, 5.41) is 0. The lowest BCUT2D eigenvalue weighted by Crippen LogP contribution is -2.11. The van der Waals surface area contributed by atoms with Crippen LogP contribution in [0.25, 0.3) is 0 Å². The van der Waals surface area contributed by atoms with Crippen LogP contribution in [-0.2, 0) is 4.79 Å². The van der Waals surface area contributed by atoms with Gasteiger partial charge < -0.3 is 0 Å². The average molecular weight is 206 g/mol. The van der Waals surface area contributed by atoms with Gasteiger partial charge in [0.1, 0.15) is 0 Å². The molecule has 0 N–H and O–H groups in total. The van der Waals surface area contributed by atoms with Crippen molar-refractivity contribution in [3.63, 3.8) is 0 Å². The Morgan fingerprint density at radius 3 is 2.53 bits per heavy atom. The molecule has 0 spiro atoms. The van der Waals surface area contributed by atoms with Crippen LogP contribution >= 0.6 is 0 Å². The maximum atomic E-state index is 11.4. The molecule has 1 aliphatic carbocycles. The van der Waals surface area contributed by atoms with Crippen LogP contribution in [-0.4, -0.2) is 5.78 Å². The van der Waals surface area contributed by atoms with E-state index in [2.05, 4.69) is 6.92 Å². The lowest BCUT2D eigenvalue weighted by molar-refractivity contribution is -0.117. The molecule has 1 unspecified atom stereocenters. The number of hydrogen-bond acceptors (Lipinski definition) is 1. The van der Waals surface area contributed by atoms with Crippen molar-refractivity contribution in [2.45, 2.75) is 51.9 Å². The van der Waals surface area contributed by atoms with Crippen molar-refractivity contribution < 1.29 is 4.79 Å². The highest BCUT2D eigenvalue weighted by Crippen LogP contribution is 2.17. The van der Waals surface area contributed by atoms with Crippen LogP contribution in [0.3, 0.4) is 0 Å². The van der Waals surface area contributed by atoms with Gasteiger partial charge in [0.05, 0.1) is 0 Å². The van der Waals surface area contributed by atoms with E-state index in [4.69, 9.17) is 0 Å². The van der Waals surface area contributed by atoms with E-state index >= 15 is 0 Å². The van der Waals surface area contributed by atoms with Gasteiger partial charge in [-0.25, -0.2) is 0 Å². The minimum atomic E-state index is 0.168. The van der Waals surface area contributed by atoms with Crippen molar-refractivity contribution in [1.82, 2.24) is 0 Å². The van der Waals surface area contributed by atoms with Gasteiger partial charge in [-0.2, -0.15) is 0 Å². The van der Waals surface area contributed by atoms with Gasteiger partial charge in [-0.1, -0.05) is 63.7 Å². The molecule has 0 aromatic carbocycles. The largest absolute Gasteiger partial charge is 0.294 e. The summed E-state index contributed by atoms with van der Waals surface area (Å²) >= 11 is 0. The van der Waals surface area contributed by atoms with Gasteiger partial charge in [-0.05, 0) is 12.5 Å². The third-order valence-corrected chi connectivity index (χ3v) is 2.95. The molecule has 0 radical (unpaired) electrons. The Morgan fingerprint density at radius 2 is 1.80 bits per heavy atom. The molecule has 1 atom stereocenters. The Balaban J connectivity index is 2.02. The molecule has 84 valence electrons. The zero-order valence-corrected chi connectivity index (χ0v) is 9.74. The van der Waals surface area contributed by atoms with Gasteiger partial charge in [0, 0.05) is 5.92 Å². The van der Waals surface area contributed by atoms with E-state index < -0.39 is 0 Å². The summed E-state index contributed by atoms with van der Waals surface area (Å²) < 4.78 is 0. The molecule has 1 aliphatic rings. The molecule has 0 fully saturated rings. The summed E-state index contributed by atoms with van der Waals surface area (Å²) in [6.07, 6.45) is 16.4. The molecule has 0 bridgehead atoms. The van der Waals surface area contributed by atoms with E-state index in [0.717, 1.165) is 6.42 Å². The lowest BCUT2D eigenvalue weighted by Gasteiger charge is -2.11. The summed E-state index contributed by atoms with van der Waals surface area (Å²) in [7, 11) is 0. The summed E-state index contributed by atoms with van der Waals surface area (Å²) in [6.45, 7) is 2.23. The van der Waals surface area contributed by atoms with E-state index in [9.17, 15) is 4.79 Å². The first-order chi connectivity index (χ1) is 7.34. The SMILES string of the molecule is CCCCCCCCC1C=CC=CC1=O. The van der Waals surface area contributed by atoms with Crippen LogP contribution in [0.5, 0.6) is 0 Å². The third kappa shape index (κ3) is 4.96. The number of hydrogen-bond donors (Lipinski definition) is 0. The lowest BCUT2D eigenvalue weighted by atomic mass is 9.93. The van der Waals surface area contributed by atoms with E-state index in [1.807, 2.05) is 18.2 Å². The highest BCUT2D eigenvalue weighted by atomic mass is 16.1. The maximum Gasteiger partial charge on any atom is 0.162 e. The predicted octanol–water partition coefficient (Wildman–Crippen LogP) is 4.05. The summed E-state index contributed by atoms with van der Waals surface area (Å²) in [6, 6.07) is 0. The topological polar surface area (TPSA) is 17.1 Å². The summed E-state index contributed by atoms with van der Waals surface area (Å²) in [4.78, 5) is 11.4. The number of unbranched alkanes of at least 4 members (excludes halogenated alkanes) is 5. The smallest absolute Gasteiger partial charge is 0.162 e. The standard InChI is InChI=1S/C14H22O/c1-2-3-4-5-6-7-10-13-11-8-9-12-14(13)15/h8-9,11-13H,2-7,10H2,1H3. The molecule has 0 aliphatic heterocycles. The highest BCUT2D eigenvalue weighted by molar-refractivity contribution is 5.94. The minimum absolute atomic E-state index is 0.168. The first-order valence-corrected chi connectivity index (χ1v) is 6.23. The molecule has 15 heavy (non-hydrogen) atoms. The Morgan fingerprint density at radius 1 is 1.07 bits per heavy atom. The second-order valence-electron chi connectivity index (χ2n) is 4.31. The van der Waals surface area contributed by atoms with Crippen molar-refractivity contribution in [3.8, 4) is 0 Å². The first-order valence-electron chi connectivity index (χ1n) is 6.23. The second kappa shape index (κ2) is 7.44. The van der Waals surface area contributed by atoms with Crippen molar-refractivity contribution in [1.29, 1.82) is 0 Å².